The third-order valence-corrected chi connectivity index (χ3v) is 6.35. The maximum absolute atomic E-state index is 12.9. The monoisotopic (exact) mass is 320 g/mol. The highest BCUT2D eigenvalue weighted by Crippen LogP contribution is 2.38. The zero-order valence-electron chi connectivity index (χ0n) is 13.8. The first-order valence-corrected chi connectivity index (χ1v) is 8.37. The van der Waals surface area contributed by atoms with Gasteiger partial charge in [-0.2, -0.15) is 0 Å². The van der Waals surface area contributed by atoms with Gasteiger partial charge in [0.1, 0.15) is 37.0 Å². The van der Waals surface area contributed by atoms with Gasteiger partial charge in [0.2, 0.25) is 6.17 Å². The first-order chi connectivity index (χ1) is 10.8. The molecular weight excluding hydrogens is 296 g/mol. The quantitative estimate of drug-likeness (QED) is 0.473. The Kier molecular flexibility index (Phi) is 2.85. The van der Waals surface area contributed by atoms with Gasteiger partial charge < -0.3 is 4.98 Å². The fourth-order valence-electron chi connectivity index (χ4n) is 5.56. The van der Waals surface area contributed by atoms with Gasteiger partial charge in [-0.1, -0.05) is 6.92 Å². The third-order valence-electron chi connectivity index (χ3n) is 6.35. The van der Waals surface area contributed by atoms with Gasteiger partial charge in [-0.3, -0.25) is 24.4 Å². The van der Waals surface area contributed by atoms with Crippen molar-refractivity contribution in [2.24, 2.45) is 10.8 Å². The van der Waals surface area contributed by atoms with Crippen LogP contribution in [-0.4, -0.2) is 41.9 Å². The van der Waals surface area contributed by atoms with Gasteiger partial charge in [0, 0.05) is 5.69 Å². The summed E-state index contributed by atoms with van der Waals surface area (Å²) in [6, 6.07) is 0. The van der Waals surface area contributed by atoms with Crippen LogP contribution in [-0.2, 0) is 4.79 Å². The first-order valence-electron chi connectivity index (χ1n) is 8.37. The number of quaternary nitrogens is 2. The van der Waals surface area contributed by atoms with E-state index in [9.17, 15) is 14.4 Å². The van der Waals surface area contributed by atoms with E-state index in [1.807, 2.05) is 0 Å². The second kappa shape index (κ2) is 4.42. The molecule has 7 heteroatoms. The Morgan fingerprint density at radius 3 is 2.22 bits per heavy atom. The highest BCUT2D eigenvalue weighted by molar-refractivity contribution is 5.91. The first kappa shape index (κ1) is 14.8. The van der Waals surface area contributed by atoms with Crippen molar-refractivity contribution in [3.05, 3.63) is 32.1 Å². The van der Waals surface area contributed by atoms with Crippen LogP contribution in [0.4, 0.5) is 0 Å². The molecule has 7 nitrogen and oxygen atoms in total. The van der Waals surface area contributed by atoms with Gasteiger partial charge >= 0.3 is 5.69 Å². The van der Waals surface area contributed by atoms with E-state index in [0.29, 0.717) is 17.0 Å². The van der Waals surface area contributed by atoms with Crippen molar-refractivity contribution in [1.29, 1.82) is 0 Å². The second-order valence-corrected chi connectivity index (χ2v) is 7.93. The van der Waals surface area contributed by atoms with E-state index in [2.05, 4.69) is 23.8 Å². The van der Waals surface area contributed by atoms with Crippen molar-refractivity contribution in [3.63, 3.8) is 0 Å². The van der Waals surface area contributed by atoms with E-state index >= 15 is 0 Å². The molecule has 5 rings (SSSR count). The van der Waals surface area contributed by atoms with E-state index in [-0.39, 0.29) is 22.6 Å². The average molecular weight is 320 g/mol. The van der Waals surface area contributed by atoms with Gasteiger partial charge in [0.05, 0.1) is 0 Å². The van der Waals surface area contributed by atoms with E-state index in [0.717, 1.165) is 32.6 Å². The largest absolute Gasteiger partial charge is 0.325 e. The summed E-state index contributed by atoms with van der Waals surface area (Å²) in [4.78, 5) is 44.5. The molecule has 0 aliphatic carbocycles. The molecule has 4 bridgehead atoms. The molecule has 23 heavy (non-hydrogen) atoms. The van der Waals surface area contributed by atoms with E-state index in [1.54, 1.807) is 6.92 Å². The number of aromatic amines is 2. The van der Waals surface area contributed by atoms with Crippen molar-refractivity contribution in [1.82, 2.24) is 9.97 Å². The van der Waals surface area contributed by atoms with Crippen molar-refractivity contribution in [2.45, 2.75) is 33.4 Å². The molecule has 124 valence electrons. The Hall–Kier alpha value is -1.73. The summed E-state index contributed by atoms with van der Waals surface area (Å²) in [6.45, 7) is 9.12. The fraction of sp³-hybridized carbons (Fsp3) is 0.688. The van der Waals surface area contributed by atoms with Crippen molar-refractivity contribution in [3.8, 4) is 0 Å². The number of aromatic nitrogens is 2. The summed E-state index contributed by atoms with van der Waals surface area (Å²) in [5.74, 6) is 0.422. The summed E-state index contributed by atoms with van der Waals surface area (Å²) in [5.41, 5.74) is 0.0631. The van der Waals surface area contributed by atoms with Gasteiger partial charge in [-0.05, 0) is 20.3 Å². The minimum Gasteiger partial charge on any atom is -0.311 e. The van der Waals surface area contributed by atoms with Gasteiger partial charge in [0.15, 0.2) is 11.3 Å². The maximum atomic E-state index is 12.9. The number of aryl methyl sites for hydroxylation is 1. The number of ketones is 1. The molecule has 1 aromatic heterocycles. The summed E-state index contributed by atoms with van der Waals surface area (Å²) < 4.78 is 0. The fourth-order valence-corrected chi connectivity index (χ4v) is 5.56. The molecule has 0 radical (unpaired) electrons. The second-order valence-electron chi connectivity index (χ2n) is 7.93. The molecule has 4 saturated heterocycles. The molecule has 0 saturated carbocycles. The van der Waals surface area contributed by atoms with Crippen LogP contribution in [0.1, 0.15) is 37.7 Å². The lowest BCUT2D eigenvalue weighted by Gasteiger charge is -2.59. The smallest absolute Gasteiger partial charge is 0.311 e. The van der Waals surface area contributed by atoms with E-state index in [1.165, 1.54) is 9.80 Å². The molecule has 0 amide bonds. The zero-order chi connectivity index (χ0) is 16.6. The Balaban J connectivity index is 1.83. The Morgan fingerprint density at radius 1 is 1.09 bits per heavy atom. The molecule has 4 aliphatic heterocycles. The van der Waals surface area contributed by atoms with Crippen LogP contribution in [0.15, 0.2) is 9.59 Å². The Bertz CT molecular complexity index is 792. The van der Waals surface area contributed by atoms with Crippen molar-refractivity contribution in [2.75, 3.05) is 26.2 Å². The minimum atomic E-state index is -0.456. The lowest BCUT2D eigenvalue weighted by Crippen LogP contribution is -3.41. The van der Waals surface area contributed by atoms with Crippen LogP contribution in [0.5, 0.6) is 0 Å². The lowest BCUT2D eigenvalue weighted by molar-refractivity contribution is -1.18. The number of piperidine rings is 2. The number of hydrogen-bond acceptors (Lipinski definition) is 3. The molecule has 4 aliphatic rings. The summed E-state index contributed by atoms with van der Waals surface area (Å²) in [6.07, 6.45) is 0.874. The van der Waals surface area contributed by atoms with Crippen LogP contribution >= 0.6 is 0 Å². The molecule has 1 aromatic rings. The lowest BCUT2D eigenvalue weighted by atomic mass is 9.60. The van der Waals surface area contributed by atoms with E-state index < -0.39 is 5.69 Å². The molecule has 5 heterocycles. The minimum absolute atomic E-state index is 0.0106. The average Bonchev–Trinajstić information content (AvgIpc) is 2.45. The van der Waals surface area contributed by atoms with Crippen LogP contribution in [0.3, 0.4) is 0 Å². The molecular formula is C16H24N4O3+2. The van der Waals surface area contributed by atoms with E-state index in [4.69, 9.17) is 0 Å². The molecule has 4 N–H and O–H groups in total. The predicted molar refractivity (Wildman–Crippen MR) is 82.4 cm³/mol. The molecule has 2 unspecified atom stereocenters. The highest BCUT2D eigenvalue weighted by atomic mass is 16.2. The standard InChI is InChI=1S/C16H22N4O3/c1-4-16-7-19-5-15(3,13(16)22)6-20(8-16)12(19)10-9(2)17-14(23)18-11(10)21/h12H,4-8H2,1-3H3,(H2,17,18,21,23)/p+2. The van der Waals surface area contributed by atoms with Crippen LogP contribution in [0, 0.1) is 17.8 Å². The normalized spacial score (nSPS) is 41.5. The molecule has 0 aromatic carbocycles. The number of carbonyl (C=O) groups is 1. The molecule has 0 spiro atoms. The number of rotatable bonds is 2. The highest BCUT2D eigenvalue weighted by Gasteiger charge is 2.69. The SMILES string of the molecule is CCC12C[NH+]3CC(C)(C[NH+](C1)C3c1c(C)[nH]c(=O)[nH]c1=O)C2=O. The number of hydrogen-bond donors (Lipinski definition) is 4. The van der Waals surface area contributed by atoms with Crippen LogP contribution in [0.2, 0.25) is 0 Å². The van der Waals surface area contributed by atoms with Crippen molar-refractivity contribution < 1.29 is 14.6 Å². The van der Waals surface area contributed by atoms with Gasteiger partial charge in [0.25, 0.3) is 5.56 Å². The molecule has 4 fully saturated rings. The number of nitrogens with one attached hydrogen (secondary N) is 4. The Morgan fingerprint density at radius 2 is 1.70 bits per heavy atom. The zero-order valence-corrected chi connectivity index (χ0v) is 13.8. The van der Waals surface area contributed by atoms with Crippen LogP contribution in [0.25, 0.3) is 0 Å². The van der Waals surface area contributed by atoms with Gasteiger partial charge in [-0.15, -0.1) is 0 Å². The summed E-state index contributed by atoms with van der Waals surface area (Å²) in [7, 11) is 0. The number of H-pyrrole nitrogens is 2. The maximum Gasteiger partial charge on any atom is 0.325 e. The number of carbonyl (C=O) groups excluding carboxylic acids is 1. The third kappa shape index (κ3) is 1.80. The van der Waals surface area contributed by atoms with Gasteiger partial charge in [-0.25, -0.2) is 4.79 Å². The summed E-state index contributed by atoms with van der Waals surface area (Å²) >= 11 is 0. The van der Waals surface area contributed by atoms with Crippen LogP contribution < -0.4 is 21.0 Å². The molecule has 2 atom stereocenters. The topological polar surface area (TPSA) is 91.7 Å². The summed E-state index contributed by atoms with van der Waals surface area (Å²) in [5, 5.41) is 0. The number of Topliss-reactive ketones (excluding diaryl/α,β-unsaturated/α-hetero) is 1. The van der Waals surface area contributed by atoms with Crippen molar-refractivity contribution >= 4 is 5.78 Å². The predicted octanol–water partition coefficient (Wildman–Crippen LogP) is -2.85. The Labute approximate surface area is 133 Å².